The fourth-order valence-electron chi connectivity index (χ4n) is 2.15. The highest BCUT2D eigenvalue weighted by Gasteiger charge is 2.03. The van der Waals surface area contributed by atoms with E-state index < -0.39 is 0 Å². The van der Waals surface area contributed by atoms with Gasteiger partial charge in [0.2, 0.25) is 5.91 Å². The van der Waals surface area contributed by atoms with Gasteiger partial charge in [-0.1, -0.05) is 30.3 Å². The van der Waals surface area contributed by atoms with E-state index in [1.54, 1.807) is 0 Å². The van der Waals surface area contributed by atoms with E-state index >= 15 is 0 Å². The molecule has 1 aromatic carbocycles. The Balaban J connectivity index is 2.28. The summed E-state index contributed by atoms with van der Waals surface area (Å²) in [4.78, 5) is 16.1. The molecule has 3 N–H and O–H groups in total. The number of guanidine groups is 1. The number of carbonyl (C=O) groups is 1. The second kappa shape index (κ2) is 11.5. The lowest BCUT2D eigenvalue weighted by Crippen LogP contribution is -2.40. The average Bonchev–Trinajstić information content (AvgIpc) is 2.51. The minimum Gasteiger partial charge on any atom is -0.357 e. The SMILES string of the molecule is CCNC(=NCCCc1ccccc1)NCCC(=O)NC(C)C. The molecule has 0 spiro atoms. The maximum atomic E-state index is 11.6. The van der Waals surface area contributed by atoms with Crippen LogP contribution in [-0.2, 0) is 11.2 Å². The smallest absolute Gasteiger partial charge is 0.221 e. The molecule has 1 amide bonds. The van der Waals surface area contributed by atoms with Gasteiger partial charge in [0, 0.05) is 32.1 Å². The molecule has 1 aromatic rings. The molecule has 0 radical (unpaired) electrons. The average molecular weight is 318 g/mol. The summed E-state index contributed by atoms with van der Waals surface area (Å²) < 4.78 is 0. The highest BCUT2D eigenvalue weighted by Crippen LogP contribution is 2.02. The van der Waals surface area contributed by atoms with E-state index in [-0.39, 0.29) is 11.9 Å². The highest BCUT2D eigenvalue weighted by atomic mass is 16.1. The summed E-state index contributed by atoms with van der Waals surface area (Å²) >= 11 is 0. The Labute approximate surface area is 140 Å². The van der Waals surface area contributed by atoms with Gasteiger partial charge in [0.05, 0.1) is 0 Å². The molecule has 0 saturated carbocycles. The van der Waals surface area contributed by atoms with Crippen molar-refractivity contribution < 1.29 is 4.79 Å². The molecule has 1 rings (SSSR count). The van der Waals surface area contributed by atoms with Crippen molar-refractivity contribution in [1.82, 2.24) is 16.0 Å². The van der Waals surface area contributed by atoms with Crippen LogP contribution < -0.4 is 16.0 Å². The molecular formula is C18H30N4O. The van der Waals surface area contributed by atoms with Crippen molar-refractivity contribution in [2.75, 3.05) is 19.6 Å². The van der Waals surface area contributed by atoms with Crippen LogP contribution in [0.4, 0.5) is 0 Å². The Morgan fingerprint density at radius 1 is 1.17 bits per heavy atom. The minimum atomic E-state index is 0.0624. The zero-order valence-corrected chi connectivity index (χ0v) is 14.6. The number of amides is 1. The molecule has 0 aliphatic heterocycles. The van der Waals surface area contributed by atoms with Crippen LogP contribution in [0, 0.1) is 0 Å². The fourth-order valence-corrected chi connectivity index (χ4v) is 2.15. The summed E-state index contributed by atoms with van der Waals surface area (Å²) in [5.74, 6) is 0.838. The van der Waals surface area contributed by atoms with E-state index in [1.807, 2.05) is 26.8 Å². The summed E-state index contributed by atoms with van der Waals surface area (Å²) in [7, 11) is 0. The summed E-state index contributed by atoms with van der Waals surface area (Å²) in [5, 5.41) is 9.28. The van der Waals surface area contributed by atoms with Crippen LogP contribution in [-0.4, -0.2) is 37.5 Å². The lowest BCUT2D eigenvalue weighted by Gasteiger charge is -2.12. The van der Waals surface area contributed by atoms with Crippen LogP contribution in [0.25, 0.3) is 0 Å². The largest absolute Gasteiger partial charge is 0.357 e. The van der Waals surface area contributed by atoms with Gasteiger partial charge in [0.25, 0.3) is 0 Å². The van der Waals surface area contributed by atoms with Gasteiger partial charge in [-0.3, -0.25) is 9.79 Å². The van der Waals surface area contributed by atoms with Gasteiger partial charge < -0.3 is 16.0 Å². The first-order chi connectivity index (χ1) is 11.1. The second-order valence-corrected chi connectivity index (χ2v) is 5.75. The number of carbonyl (C=O) groups excluding carboxylic acids is 1. The van der Waals surface area contributed by atoms with Crippen LogP contribution in [0.5, 0.6) is 0 Å². The molecule has 0 bridgehead atoms. The predicted molar refractivity (Wildman–Crippen MR) is 96.6 cm³/mol. The number of aliphatic imine (C=N–C) groups is 1. The Kier molecular flexibility index (Phi) is 9.52. The Morgan fingerprint density at radius 3 is 2.57 bits per heavy atom. The number of aryl methyl sites for hydroxylation is 1. The van der Waals surface area contributed by atoms with Crippen molar-refractivity contribution in [2.45, 2.75) is 46.1 Å². The van der Waals surface area contributed by atoms with E-state index in [1.165, 1.54) is 5.56 Å². The molecule has 0 atom stereocenters. The van der Waals surface area contributed by atoms with E-state index in [2.05, 4.69) is 45.2 Å². The Morgan fingerprint density at radius 2 is 1.91 bits per heavy atom. The number of hydrogen-bond acceptors (Lipinski definition) is 2. The Bertz CT molecular complexity index is 471. The third kappa shape index (κ3) is 9.55. The van der Waals surface area contributed by atoms with Crippen molar-refractivity contribution in [1.29, 1.82) is 0 Å². The van der Waals surface area contributed by atoms with Gasteiger partial charge in [-0.05, 0) is 39.2 Å². The van der Waals surface area contributed by atoms with Crippen molar-refractivity contribution in [3.05, 3.63) is 35.9 Å². The van der Waals surface area contributed by atoms with E-state index in [0.29, 0.717) is 13.0 Å². The molecule has 0 aromatic heterocycles. The Hall–Kier alpha value is -2.04. The molecule has 23 heavy (non-hydrogen) atoms. The number of nitrogens with one attached hydrogen (secondary N) is 3. The minimum absolute atomic E-state index is 0.0624. The molecule has 0 aliphatic carbocycles. The fraction of sp³-hybridized carbons (Fsp3) is 0.556. The first-order valence-corrected chi connectivity index (χ1v) is 8.47. The quantitative estimate of drug-likeness (QED) is 0.371. The van der Waals surface area contributed by atoms with Crippen LogP contribution >= 0.6 is 0 Å². The van der Waals surface area contributed by atoms with Crippen LogP contribution in [0.1, 0.15) is 39.2 Å². The van der Waals surface area contributed by atoms with Crippen molar-refractivity contribution in [3.63, 3.8) is 0 Å². The van der Waals surface area contributed by atoms with Crippen LogP contribution in [0.15, 0.2) is 35.3 Å². The summed E-state index contributed by atoms with van der Waals surface area (Å²) in [6.07, 6.45) is 2.49. The summed E-state index contributed by atoms with van der Waals surface area (Å²) in [5.41, 5.74) is 1.34. The van der Waals surface area contributed by atoms with Crippen molar-refractivity contribution >= 4 is 11.9 Å². The molecule has 0 aliphatic rings. The predicted octanol–water partition coefficient (Wildman–Crippen LogP) is 2.09. The highest BCUT2D eigenvalue weighted by molar-refractivity contribution is 5.81. The van der Waals surface area contributed by atoms with Crippen LogP contribution in [0.3, 0.4) is 0 Å². The van der Waals surface area contributed by atoms with E-state index in [9.17, 15) is 4.79 Å². The lowest BCUT2D eigenvalue weighted by molar-refractivity contribution is -0.121. The van der Waals surface area contributed by atoms with Gasteiger partial charge in [0.15, 0.2) is 5.96 Å². The third-order valence-electron chi connectivity index (χ3n) is 3.17. The second-order valence-electron chi connectivity index (χ2n) is 5.75. The van der Waals surface area contributed by atoms with Crippen LogP contribution in [0.2, 0.25) is 0 Å². The molecule has 0 saturated heterocycles. The zero-order chi connectivity index (χ0) is 16.9. The zero-order valence-electron chi connectivity index (χ0n) is 14.6. The van der Waals surface area contributed by atoms with Gasteiger partial charge in [-0.2, -0.15) is 0 Å². The number of benzene rings is 1. The maximum Gasteiger partial charge on any atom is 0.221 e. The van der Waals surface area contributed by atoms with Gasteiger partial charge >= 0.3 is 0 Å². The first kappa shape index (κ1) is 19.0. The molecule has 128 valence electrons. The number of hydrogen-bond donors (Lipinski definition) is 3. The lowest BCUT2D eigenvalue weighted by atomic mass is 10.1. The maximum absolute atomic E-state index is 11.6. The van der Waals surface area contributed by atoms with Crippen molar-refractivity contribution in [3.8, 4) is 0 Å². The molecule has 5 heteroatoms. The standard InChI is InChI=1S/C18H30N4O/c1-4-19-18(21-14-12-17(23)22-15(2)3)20-13-8-11-16-9-6-5-7-10-16/h5-7,9-10,15H,4,8,11-14H2,1-3H3,(H,22,23)(H2,19,20,21). The van der Waals surface area contributed by atoms with Gasteiger partial charge in [0.1, 0.15) is 0 Å². The monoisotopic (exact) mass is 318 g/mol. The van der Waals surface area contributed by atoms with E-state index in [0.717, 1.165) is 31.9 Å². The third-order valence-corrected chi connectivity index (χ3v) is 3.17. The molecule has 0 unspecified atom stereocenters. The number of nitrogens with zero attached hydrogens (tertiary/aromatic N) is 1. The van der Waals surface area contributed by atoms with Gasteiger partial charge in [-0.25, -0.2) is 0 Å². The summed E-state index contributed by atoms with van der Waals surface area (Å²) in [6.45, 7) is 8.12. The number of rotatable bonds is 9. The summed E-state index contributed by atoms with van der Waals surface area (Å²) in [6, 6.07) is 10.6. The normalized spacial score (nSPS) is 11.4. The van der Waals surface area contributed by atoms with E-state index in [4.69, 9.17) is 0 Å². The molecular weight excluding hydrogens is 288 g/mol. The molecule has 0 heterocycles. The van der Waals surface area contributed by atoms with Crippen molar-refractivity contribution in [2.24, 2.45) is 4.99 Å². The molecule has 5 nitrogen and oxygen atoms in total. The first-order valence-electron chi connectivity index (χ1n) is 8.47. The topological polar surface area (TPSA) is 65.5 Å². The van der Waals surface area contributed by atoms with Gasteiger partial charge in [-0.15, -0.1) is 0 Å². The molecule has 0 fully saturated rings.